The third kappa shape index (κ3) is 3.40. The number of rotatable bonds is 3. The number of hydrogen-bond donors (Lipinski definition) is 1. The van der Waals surface area contributed by atoms with Crippen molar-refractivity contribution in [1.82, 2.24) is 4.90 Å². The summed E-state index contributed by atoms with van der Waals surface area (Å²) >= 11 is 1.57. The SMILES string of the molecule is CC(C)CC(=O)N1C(C(=O)O)CSC1C(C)(C)C. The Morgan fingerprint density at radius 2 is 1.94 bits per heavy atom. The topological polar surface area (TPSA) is 57.6 Å². The van der Waals surface area contributed by atoms with Crippen LogP contribution < -0.4 is 0 Å². The fourth-order valence-electron chi connectivity index (χ4n) is 2.12. The van der Waals surface area contributed by atoms with E-state index < -0.39 is 12.0 Å². The first-order valence-electron chi connectivity index (χ1n) is 6.30. The number of aliphatic carboxylic acids is 1. The molecule has 1 aliphatic rings. The Bertz CT molecular complexity index is 336. The molecule has 18 heavy (non-hydrogen) atoms. The second-order valence-electron chi connectivity index (χ2n) is 6.30. The number of carbonyl (C=O) groups is 2. The summed E-state index contributed by atoms with van der Waals surface area (Å²) in [6.07, 6.45) is 0.414. The van der Waals surface area contributed by atoms with Crippen molar-refractivity contribution < 1.29 is 14.7 Å². The summed E-state index contributed by atoms with van der Waals surface area (Å²) in [5, 5.41) is 9.19. The highest BCUT2D eigenvalue weighted by atomic mass is 32.2. The van der Waals surface area contributed by atoms with Gasteiger partial charge in [-0.2, -0.15) is 0 Å². The van der Waals surface area contributed by atoms with Gasteiger partial charge in [0.2, 0.25) is 5.91 Å². The Morgan fingerprint density at radius 1 is 1.39 bits per heavy atom. The molecule has 1 rings (SSSR count). The molecule has 0 aromatic carbocycles. The van der Waals surface area contributed by atoms with E-state index in [-0.39, 0.29) is 22.6 Å². The van der Waals surface area contributed by atoms with Crippen molar-refractivity contribution in [3.05, 3.63) is 0 Å². The average Bonchev–Trinajstić information content (AvgIpc) is 2.58. The molecule has 1 fully saturated rings. The van der Waals surface area contributed by atoms with E-state index in [2.05, 4.69) is 0 Å². The minimum absolute atomic E-state index is 0.0395. The summed E-state index contributed by atoms with van der Waals surface area (Å²) in [5.74, 6) is -0.201. The van der Waals surface area contributed by atoms with E-state index in [4.69, 9.17) is 0 Å². The molecule has 1 saturated heterocycles. The lowest BCUT2D eigenvalue weighted by Crippen LogP contribution is -2.49. The van der Waals surface area contributed by atoms with E-state index in [1.165, 1.54) is 0 Å². The summed E-state index contributed by atoms with van der Waals surface area (Å²) in [6.45, 7) is 10.1. The smallest absolute Gasteiger partial charge is 0.327 e. The first-order chi connectivity index (χ1) is 8.14. The molecular weight excluding hydrogens is 250 g/mol. The number of thioether (sulfide) groups is 1. The van der Waals surface area contributed by atoms with Gasteiger partial charge in [0.25, 0.3) is 0 Å². The van der Waals surface area contributed by atoms with Crippen LogP contribution >= 0.6 is 11.8 Å². The molecule has 104 valence electrons. The van der Waals surface area contributed by atoms with Crippen LogP contribution in [0.15, 0.2) is 0 Å². The van der Waals surface area contributed by atoms with Gasteiger partial charge in [-0.05, 0) is 11.3 Å². The number of amides is 1. The molecule has 2 unspecified atom stereocenters. The van der Waals surface area contributed by atoms with Crippen LogP contribution in [0, 0.1) is 11.3 Å². The third-order valence-corrected chi connectivity index (χ3v) is 4.66. The third-order valence-electron chi connectivity index (χ3n) is 2.90. The lowest BCUT2D eigenvalue weighted by molar-refractivity contribution is -0.150. The predicted molar refractivity (Wildman–Crippen MR) is 73.4 cm³/mol. The van der Waals surface area contributed by atoms with Crippen LogP contribution in [0.5, 0.6) is 0 Å². The zero-order chi connectivity index (χ0) is 14.1. The number of nitrogens with zero attached hydrogens (tertiary/aromatic N) is 1. The molecule has 0 saturated carbocycles. The van der Waals surface area contributed by atoms with Crippen molar-refractivity contribution in [2.45, 2.75) is 52.5 Å². The largest absolute Gasteiger partial charge is 0.480 e. The predicted octanol–water partition coefficient (Wildman–Crippen LogP) is 2.43. The standard InChI is InChI=1S/C13H23NO3S/c1-8(2)6-10(15)14-9(11(16)17)7-18-12(14)13(3,4)5/h8-9,12H,6-7H2,1-5H3,(H,16,17). The molecule has 0 radical (unpaired) electrons. The quantitative estimate of drug-likeness (QED) is 0.858. The Labute approximate surface area is 113 Å². The molecule has 5 heteroatoms. The molecule has 0 bridgehead atoms. The lowest BCUT2D eigenvalue weighted by Gasteiger charge is -2.36. The van der Waals surface area contributed by atoms with Gasteiger partial charge in [0.1, 0.15) is 6.04 Å². The van der Waals surface area contributed by atoms with E-state index >= 15 is 0 Å². The van der Waals surface area contributed by atoms with E-state index in [0.717, 1.165) is 0 Å². The van der Waals surface area contributed by atoms with Gasteiger partial charge in [0.05, 0.1) is 5.37 Å². The van der Waals surface area contributed by atoms with E-state index in [0.29, 0.717) is 12.2 Å². The molecular formula is C13H23NO3S. The molecule has 1 amide bonds. The maximum absolute atomic E-state index is 12.3. The van der Waals surface area contributed by atoms with Crippen LogP contribution in [-0.4, -0.2) is 39.1 Å². The molecule has 0 spiro atoms. The number of carboxylic acids is 1. The van der Waals surface area contributed by atoms with E-state index in [1.54, 1.807) is 16.7 Å². The molecule has 0 aromatic heterocycles. The molecule has 4 nitrogen and oxygen atoms in total. The van der Waals surface area contributed by atoms with Crippen LogP contribution in [0.2, 0.25) is 0 Å². The van der Waals surface area contributed by atoms with Crippen molar-refractivity contribution in [2.24, 2.45) is 11.3 Å². The average molecular weight is 273 g/mol. The Hall–Kier alpha value is -0.710. The summed E-state index contributed by atoms with van der Waals surface area (Å²) < 4.78 is 0. The summed E-state index contributed by atoms with van der Waals surface area (Å²) in [4.78, 5) is 25.1. The molecule has 0 aromatic rings. The minimum atomic E-state index is -0.897. The number of hydrogen-bond acceptors (Lipinski definition) is 3. The molecule has 0 aliphatic carbocycles. The number of carboxylic acid groups (broad SMARTS) is 1. The van der Waals surface area contributed by atoms with Crippen molar-refractivity contribution in [2.75, 3.05) is 5.75 Å². The second kappa shape index (κ2) is 5.51. The lowest BCUT2D eigenvalue weighted by atomic mass is 9.94. The van der Waals surface area contributed by atoms with Gasteiger partial charge in [-0.25, -0.2) is 4.79 Å². The second-order valence-corrected chi connectivity index (χ2v) is 7.42. The number of carbonyl (C=O) groups excluding carboxylic acids is 1. The van der Waals surface area contributed by atoms with Gasteiger partial charge < -0.3 is 10.0 Å². The van der Waals surface area contributed by atoms with E-state index in [9.17, 15) is 14.7 Å². The van der Waals surface area contributed by atoms with Crippen LogP contribution in [0.3, 0.4) is 0 Å². The zero-order valence-corrected chi connectivity index (χ0v) is 12.6. The Kier molecular flexibility index (Phi) is 4.70. The Morgan fingerprint density at radius 3 is 2.33 bits per heavy atom. The highest BCUT2D eigenvalue weighted by molar-refractivity contribution is 8.00. The fourth-order valence-corrected chi connectivity index (χ4v) is 3.72. The highest BCUT2D eigenvalue weighted by Crippen LogP contribution is 2.41. The van der Waals surface area contributed by atoms with Gasteiger partial charge in [-0.1, -0.05) is 34.6 Å². The molecule has 1 heterocycles. The van der Waals surface area contributed by atoms with Gasteiger partial charge in [-0.3, -0.25) is 4.79 Å². The minimum Gasteiger partial charge on any atom is -0.480 e. The molecule has 1 aliphatic heterocycles. The zero-order valence-electron chi connectivity index (χ0n) is 11.8. The van der Waals surface area contributed by atoms with Crippen molar-refractivity contribution >= 4 is 23.6 Å². The van der Waals surface area contributed by atoms with Crippen LogP contribution in [0.25, 0.3) is 0 Å². The first kappa shape index (κ1) is 15.3. The summed E-state index contributed by atoms with van der Waals surface area (Å²) in [7, 11) is 0. The van der Waals surface area contributed by atoms with Crippen molar-refractivity contribution in [1.29, 1.82) is 0 Å². The van der Waals surface area contributed by atoms with Crippen LogP contribution in [-0.2, 0) is 9.59 Å². The van der Waals surface area contributed by atoms with Crippen LogP contribution in [0.1, 0.15) is 41.0 Å². The molecule has 2 atom stereocenters. The monoisotopic (exact) mass is 273 g/mol. The summed E-state index contributed by atoms with van der Waals surface area (Å²) in [5.41, 5.74) is -0.110. The highest BCUT2D eigenvalue weighted by Gasteiger charge is 2.46. The van der Waals surface area contributed by atoms with Gasteiger partial charge in [0.15, 0.2) is 0 Å². The summed E-state index contributed by atoms with van der Waals surface area (Å²) in [6, 6.07) is -0.675. The van der Waals surface area contributed by atoms with Gasteiger partial charge in [0, 0.05) is 12.2 Å². The fraction of sp³-hybridized carbons (Fsp3) is 0.846. The van der Waals surface area contributed by atoms with Gasteiger partial charge >= 0.3 is 5.97 Å². The van der Waals surface area contributed by atoms with Crippen molar-refractivity contribution in [3.8, 4) is 0 Å². The maximum atomic E-state index is 12.3. The van der Waals surface area contributed by atoms with Gasteiger partial charge in [-0.15, -0.1) is 11.8 Å². The van der Waals surface area contributed by atoms with Crippen LogP contribution in [0.4, 0.5) is 0 Å². The van der Waals surface area contributed by atoms with Crippen molar-refractivity contribution in [3.63, 3.8) is 0 Å². The van der Waals surface area contributed by atoms with E-state index in [1.807, 2.05) is 34.6 Å². The maximum Gasteiger partial charge on any atom is 0.327 e. The first-order valence-corrected chi connectivity index (χ1v) is 7.35. The molecule has 1 N–H and O–H groups in total. The normalized spacial score (nSPS) is 24.7. The Balaban J connectivity index is 2.95.